The van der Waals surface area contributed by atoms with E-state index in [9.17, 15) is 4.79 Å². The zero-order chi connectivity index (χ0) is 15.6. The summed E-state index contributed by atoms with van der Waals surface area (Å²) in [5.74, 6) is -0.494. The van der Waals surface area contributed by atoms with Gasteiger partial charge in [-0.2, -0.15) is 5.10 Å². The summed E-state index contributed by atoms with van der Waals surface area (Å²) in [5.41, 5.74) is 2.00. The van der Waals surface area contributed by atoms with E-state index >= 15 is 0 Å². The van der Waals surface area contributed by atoms with E-state index < -0.39 is 5.97 Å². The molecule has 0 bridgehead atoms. The van der Waals surface area contributed by atoms with Gasteiger partial charge in [0.15, 0.2) is 0 Å². The lowest BCUT2D eigenvalue weighted by Gasteiger charge is -2.10. The molecule has 0 saturated carbocycles. The van der Waals surface area contributed by atoms with E-state index in [-0.39, 0.29) is 5.56 Å². The Bertz CT molecular complexity index is 683. The normalized spacial score (nSPS) is 10.7. The lowest BCUT2D eigenvalue weighted by atomic mass is 10.2. The van der Waals surface area contributed by atoms with Crippen LogP contribution in [0.25, 0.3) is 0 Å². The van der Waals surface area contributed by atoms with Crippen molar-refractivity contribution in [3.05, 3.63) is 44.1 Å². The highest BCUT2D eigenvalue weighted by Gasteiger charge is 2.14. The number of aromatic nitrogens is 2. The van der Waals surface area contributed by atoms with Gasteiger partial charge in [0.1, 0.15) is 12.4 Å². The molecule has 1 aromatic carbocycles. The van der Waals surface area contributed by atoms with Gasteiger partial charge in [-0.15, -0.1) is 0 Å². The predicted molar refractivity (Wildman–Crippen MR) is 85.8 cm³/mol. The molecule has 0 spiro atoms. The van der Waals surface area contributed by atoms with Crippen molar-refractivity contribution in [2.24, 2.45) is 0 Å². The molecule has 21 heavy (non-hydrogen) atoms. The maximum Gasteiger partial charge on any atom is 0.335 e. The first-order valence-electron chi connectivity index (χ1n) is 6.31. The molecule has 1 heterocycles. The van der Waals surface area contributed by atoms with Crippen LogP contribution in [0.5, 0.6) is 5.75 Å². The van der Waals surface area contributed by atoms with E-state index in [1.165, 1.54) is 12.1 Å². The Morgan fingerprint density at radius 2 is 2.14 bits per heavy atom. The van der Waals surface area contributed by atoms with E-state index in [1.54, 1.807) is 6.07 Å². The second-order valence-electron chi connectivity index (χ2n) is 4.40. The number of benzene rings is 1. The summed E-state index contributed by atoms with van der Waals surface area (Å²) in [6.45, 7) is 4.96. The first-order chi connectivity index (χ1) is 9.93. The SMILES string of the molecule is CCn1nc(C)c(Br)c1COc1cc(C(=O)O)ccc1Br. The lowest BCUT2D eigenvalue weighted by molar-refractivity contribution is 0.0696. The Morgan fingerprint density at radius 3 is 2.76 bits per heavy atom. The zero-order valence-corrected chi connectivity index (χ0v) is 14.7. The monoisotopic (exact) mass is 416 g/mol. The molecule has 1 aromatic heterocycles. The maximum atomic E-state index is 11.0. The van der Waals surface area contributed by atoms with E-state index in [0.717, 1.165) is 22.4 Å². The molecule has 7 heteroatoms. The van der Waals surface area contributed by atoms with Gasteiger partial charge in [-0.3, -0.25) is 4.68 Å². The van der Waals surface area contributed by atoms with Crippen LogP contribution in [0.2, 0.25) is 0 Å². The fraction of sp³-hybridized carbons (Fsp3) is 0.286. The van der Waals surface area contributed by atoms with Crippen molar-refractivity contribution in [2.75, 3.05) is 0 Å². The standard InChI is InChI=1S/C14H14Br2N2O3/c1-3-18-11(13(16)8(2)17-18)7-21-12-6-9(14(19)20)4-5-10(12)15/h4-6H,3,7H2,1-2H3,(H,19,20). The van der Waals surface area contributed by atoms with Crippen LogP contribution < -0.4 is 4.74 Å². The van der Waals surface area contributed by atoms with Gasteiger partial charge in [0, 0.05) is 6.54 Å². The summed E-state index contributed by atoms with van der Waals surface area (Å²) < 4.78 is 9.23. The number of nitrogens with zero attached hydrogens (tertiary/aromatic N) is 2. The second-order valence-corrected chi connectivity index (χ2v) is 6.05. The molecule has 2 rings (SSSR count). The third-order valence-corrected chi connectivity index (χ3v) is 4.68. The van der Waals surface area contributed by atoms with Crippen LogP contribution in [0.1, 0.15) is 28.7 Å². The third kappa shape index (κ3) is 3.47. The van der Waals surface area contributed by atoms with Crippen LogP contribution in [0.15, 0.2) is 27.1 Å². The first-order valence-corrected chi connectivity index (χ1v) is 7.90. The van der Waals surface area contributed by atoms with Gasteiger partial charge in [-0.25, -0.2) is 4.79 Å². The second kappa shape index (κ2) is 6.62. The minimum Gasteiger partial charge on any atom is -0.486 e. The number of aryl methyl sites for hydroxylation is 2. The topological polar surface area (TPSA) is 64.4 Å². The van der Waals surface area contributed by atoms with Crippen molar-refractivity contribution in [1.29, 1.82) is 0 Å². The van der Waals surface area contributed by atoms with Gasteiger partial charge in [-0.05, 0) is 63.9 Å². The van der Waals surface area contributed by atoms with Crippen molar-refractivity contribution in [3.8, 4) is 5.75 Å². The Labute approximate surface area is 139 Å². The van der Waals surface area contributed by atoms with Crippen LogP contribution in [0, 0.1) is 6.92 Å². The molecular formula is C14H14Br2N2O3. The van der Waals surface area contributed by atoms with Crippen molar-refractivity contribution in [3.63, 3.8) is 0 Å². The number of carboxylic acid groups (broad SMARTS) is 1. The molecule has 0 unspecified atom stereocenters. The Kier molecular flexibility index (Phi) is 5.05. The minimum atomic E-state index is -0.983. The quantitative estimate of drug-likeness (QED) is 0.797. The average Bonchev–Trinajstić information content (AvgIpc) is 2.73. The van der Waals surface area contributed by atoms with Crippen molar-refractivity contribution in [2.45, 2.75) is 27.0 Å². The number of carbonyl (C=O) groups is 1. The largest absolute Gasteiger partial charge is 0.486 e. The number of ether oxygens (including phenoxy) is 1. The number of carboxylic acids is 1. The molecule has 0 aliphatic rings. The molecule has 0 atom stereocenters. The summed E-state index contributed by atoms with van der Waals surface area (Å²) in [6, 6.07) is 4.69. The lowest BCUT2D eigenvalue weighted by Crippen LogP contribution is -2.07. The zero-order valence-electron chi connectivity index (χ0n) is 11.6. The molecule has 0 amide bonds. The maximum absolute atomic E-state index is 11.0. The van der Waals surface area contributed by atoms with E-state index in [0.29, 0.717) is 16.8 Å². The molecule has 0 aliphatic carbocycles. The molecule has 112 valence electrons. The van der Waals surface area contributed by atoms with Gasteiger partial charge in [0.25, 0.3) is 0 Å². The molecule has 2 aromatic rings. The summed E-state index contributed by atoms with van der Waals surface area (Å²) in [6.07, 6.45) is 0. The smallest absolute Gasteiger partial charge is 0.335 e. The third-order valence-electron chi connectivity index (χ3n) is 3.00. The fourth-order valence-corrected chi connectivity index (χ4v) is 2.66. The molecule has 1 N–H and O–H groups in total. The highest BCUT2D eigenvalue weighted by molar-refractivity contribution is 9.10. The number of halogens is 2. The Hall–Kier alpha value is -1.34. The first kappa shape index (κ1) is 16.0. The van der Waals surface area contributed by atoms with Crippen molar-refractivity contribution < 1.29 is 14.6 Å². The summed E-state index contributed by atoms with van der Waals surface area (Å²) in [4.78, 5) is 11.0. The van der Waals surface area contributed by atoms with Crippen LogP contribution in [-0.4, -0.2) is 20.9 Å². The fourth-order valence-electron chi connectivity index (χ4n) is 1.90. The van der Waals surface area contributed by atoms with E-state index in [1.807, 2.05) is 18.5 Å². The highest BCUT2D eigenvalue weighted by Crippen LogP contribution is 2.28. The number of hydrogen-bond acceptors (Lipinski definition) is 3. The summed E-state index contributed by atoms with van der Waals surface area (Å²) in [7, 11) is 0. The summed E-state index contributed by atoms with van der Waals surface area (Å²) >= 11 is 6.86. The number of aromatic carboxylic acids is 1. The molecule has 0 radical (unpaired) electrons. The molecular weight excluding hydrogens is 404 g/mol. The predicted octanol–water partition coefficient (Wildman–Crippen LogP) is 4.01. The van der Waals surface area contributed by atoms with Gasteiger partial charge in [0.2, 0.25) is 0 Å². The molecule has 0 aliphatic heterocycles. The highest BCUT2D eigenvalue weighted by atomic mass is 79.9. The molecule has 0 fully saturated rings. The number of rotatable bonds is 5. The van der Waals surface area contributed by atoms with Crippen LogP contribution in [0.4, 0.5) is 0 Å². The van der Waals surface area contributed by atoms with Gasteiger partial charge in [-0.1, -0.05) is 0 Å². The van der Waals surface area contributed by atoms with Gasteiger partial charge in [0.05, 0.1) is 25.9 Å². The van der Waals surface area contributed by atoms with Crippen molar-refractivity contribution in [1.82, 2.24) is 9.78 Å². The molecule has 5 nitrogen and oxygen atoms in total. The average molecular weight is 418 g/mol. The van der Waals surface area contributed by atoms with Crippen LogP contribution >= 0.6 is 31.9 Å². The van der Waals surface area contributed by atoms with Gasteiger partial charge >= 0.3 is 5.97 Å². The Balaban J connectivity index is 2.24. The van der Waals surface area contributed by atoms with Crippen molar-refractivity contribution >= 4 is 37.8 Å². The Morgan fingerprint density at radius 1 is 1.43 bits per heavy atom. The van der Waals surface area contributed by atoms with Crippen LogP contribution in [-0.2, 0) is 13.2 Å². The van der Waals surface area contributed by atoms with Gasteiger partial charge < -0.3 is 9.84 Å². The van der Waals surface area contributed by atoms with E-state index in [2.05, 4.69) is 37.0 Å². The summed E-state index contributed by atoms with van der Waals surface area (Å²) in [5, 5.41) is 13.4. The van der Waals surface area contributed by atoms with E-state index in [4.69, 9.17) is 9.84 Å². The van der Waals surface area contributed by atoms with Crippen LogP contribution in [0.3, 0.4) is 0 Å². The minimum absolute atomic E-state index is 0.187. The molecule has 0 saturated heterocycles. The number of hydrogen-bond donors (Lipinski definition) is 1.